The molecule has 0 aliphatic carbocycles. The number of anilines is 2. The minimum absolute atomic E-state index is 0.0392. The maximum Gasteiger partial charge on any atom is 0.246 e. The molecule has 0 atom stereocenters. The van der Waals surface area contributed by atoms with Crippen LogP contribution in [0.4, 0.5) is 11.4 Å². The van der Waals surface area contributed by atoms with Crippen LogP contribution in [-0.2, 0) is 11.3 Å². The van der Waals surface area contributed by atoms with Gasteiger partial charge in [-0.25, -0.2) is 4.98 Å². The highest BCUT2D eigenvalue weighted by Gasteiger charge is 2.21. The molecule has 0 radical (unpaired) electrons. The van der Waals surface area contributed by atoms with Crippen LogP contribution in [-0.4, -0.2) is 42.0 Å². The number of halogens is 2. The maximum atomic E-state index is 12.5. The van der Waals surface area contributed by atoms with Gasteiger partial charge < -0.3 is 15.1 Å². The van der Waals surface area contributed by atoms with Crippen molar-refractivity contribution >= 4 is 57.9 Å². The number of nitrogens with zero attached hydrogens (tertiary/aromatic N) is 3. The highest BCUT2D eigenvalue weighted by Crippen LogP contribution is 2.30. The molecule has 31 heavy (non-hydrogen) atoms. The summed E-state index contributed by atoms with van der Waals surface area (Å²) >= 11 is 13.9. The highest BCUT2D eigenvalue weighted by atomic mass is 35.5. The predicted molar refractivity (Wildman–Crippen MR) is 130 cm³/mol. The molecule has 8 heteroatoms. The van der Waals surface area contributed by atoms with Crippen LogP contribution in [0.2, 0.25) is 9.49 Å². The normalized spacial score (nSPS) is 14.3. The van der Waals surface area contributed by atoms with Gasteiger partial charge in [0.05, 0.1) is 17.3 Å². The Morgan fingerprint density at radius 1 is 1.10 bits per heavy atom. The van der Waals surface area contributed by atoms with Crippen molar-refractivity contribution in [1.82, 2.24) is 9.88 Å². The molecule has 3 aromatic rings. The molecule has 1 aromatic heterocycles. The summed E-state index contributed by atoms with van der Waals surface area (Å²) in [5.74, 6) is 0.0392. The number of piperazine rings is 1. The Labute approximate surface area is 195 Å². The third-order valence-electron chi connectivity index (χ3n) is 5.09. The van der Waals surface area contributed by atoms with E-state index >= 15 is 0 Å². The van der Waals surface area contributed by atoms with Crippen molar-refractivity contribution in [3.05, 3.63) is 80.7 Å². The van der Waals surface area contributed by atoms with E-state index in [2.05, 4.69) is 15.2 Å². The Bertz CT molecular complexity index is 1060. The van der Waals surface area contributed by atoms with Crippen LogP contribution in [0, 0.1) is 0 Å². The van der Waals surface area contributed by atoms with Crippen molar-refractivity contribution < 1.29 is 4.79 Å². The summed E-state index contributed by atoms with van der Waals surface area (Å²) in [5.41, 5.74) is 2.95. The van der Waals surface area contributed by atoms with E-state index in [1.165, 1.54) is 11.3 Å². The van der Waals surface area contributed by atoms with Gasteiger partial charge in [0.15, 0.2) is 4.47 Å². The Balaban J connectivity index is 1.31. The molecule has 0 bridgehead atoms. The third kappa shape index (κ3) is 5.79. The molecule has 0 saturated carbocycles. The molecule has 160 valence electrons. The lowest BCUT2D eigenvalue weighted by atomic mass is 10.2. The van der Waals surface area contributed by atoms with Crippen molar-refractivity contribution in [3.8, 4) is 0 Å². The SMILES string of the molecule is O=C(C=Cc1ccccc1)N1CCN(c2ccc(NCc3cnc(Cl)s3)cc2Cl)CC1. The molecular formula is C23H22Cl2N4OS. The molecule has 4 rings (SSSR count). The Morgan fingerprint density at radius 2 is 1.87 bits per heavy atom. The summed E-state index contributed by atoms with van der Waals surface area (Å²) in [7, 11) is 0. The Kier molecular flexibility index (Phi) is 7.12. The van der Waals surface area contributed by atoms with Crippen molar-refractivity contribution in [2.75, 3.05) is 36.4 Å². The second-order valence-corrected chi connectivity index (χ2v) is 9.26. The zero-order valence-corrected chi connectivity index (χ0v) is 19.1. The lowest BCUT2D eigenvalue weighted by molar-refractivity contribution is -0.126. The lowest BCUT2D eigenvalue weighted by Crippen LogP contribution is -2.48. The van der Waals surface area contributed by atoms with Gasteiger partial charge in [-0.3, -0.25) is 4.79 Å². The Morgan fingerprint density at radius 3 is 2.55 bits per heavy atom. The monoisotopic (exact) mass is 472 g/mol. The number of carbonyl (C=O) groups excluding carboxylic acids is 1. The van der Waals surface area contributed by atoms with Gasteiger partial charge in [0.1, 0.15) is 0 Å². The minimum atomic E-state index is 0.0392. The summed E-state index contributed by atoms with van der Waals surface area (Å²) in [5, 5.41) is 4.03. The standard InChI is InChI=1S/C23H22Cl2N4OS/c24-20-14-18(26-15-19-16-27-23(25)31-19)7-8-21(20)28-10-12-29(13-11-28)22(30)9-6-17-4-2-1-3-5-17/h1-9,14,16,26H,10-13,15H2. The van der Waals surface area contributed by atoms with Crippen LogP contribution >= 0.6 is 34.5 Å². The van der Waals surface area contributed by atoms with E-state index in [1.54, 1.807) is 12.3 Å². The average molecular weight is 473 g/mol. The summed E-state index contributed by atoms with van der Waals surface area (Å²) in [4.78, 5) is 21.7. The number of aromatic nitrogens is 1. The number of amides is 1. The van der Waals surface area contributed by atoms with Crippen molar-refractivity contribution in [3.63, 3.8) is 0 Å². The minimum Gasteiger partial charge on any atom is -0.380 e. The Hall–Kier alpha value is -2.54. The van der Waals surface area contributed by atoms with E-state index in [4.69, 9.17) is 23.2 Å². The molecule has 1 amide bonds. The van der Waals surface area contributed by atoms with Gasteiger partial charge in [0, 0.05) is 49.0 Å². The fraction of sp³-hybridized carbons (Fsp3) is 0.217. The van der Waals surface area contributed by atoms with Gasteiger partial charge in [0.2, 0.25) is 5.91 Å². The molecule has 1 fully saturated rings. The van der Waals surface area contributed by atoms with E-state index in [0.29, 0.717) is 29.1 Å². The fourth-order valence-corrected chi connectivity index (χ4v) is 4.65. The first-order valence-electron chi connectivity index (χ1n) is 9.99. The van der Waals surface area contributed by atoms with E-state index < -0.39 is 0 Å². The summed E-state index contributed by atoms with van der Waals surface area (Å²) in [6.45, 7) is 3.48. The fourth-order valence-electron chi connectivity index (χ4n) is 3.43. The second kappa shape index (κ2) is 10.2. The van der Waals surface area contributed by atoms with Crippen molar-refractivity contribution in [2.24, 2.45) is 0 Å². The molecule has 1 aliphatic rings. The molecule has 2 aromatic carbocycles. The lowest BCUT2D eigenvalue weighted by Gasteiger charge is -2.36. The molecule has 2 heterocycles. The number of benzene rings is 2. The molecule has 0 unspecified atom stereocenters. The van der Waals surface area contributed by atoms with Gasteiger partial charge >= 0.3 is 0 Å². The number of carbonyl (C=O) groups is 1. The van der Waals surface area contributed by atoms with Gasteiger partial charge in [-0.15, -0.1) is 11.3 Å². The van der Waals surface area contributed by atoms with Crippen LogP contribution < -0.4 is 10.2 Å². The first kappa shape index (κ1) is 21.7. The summed E-state index contributed by atoms with van der Waals surface area (Å²) in [6.07, 6.45) is 5.28. The number of hydrogen-bond acceptors (Lipinski definition) is 5. The van der Waals surface area contributed by atoms with E-state index in [1.807, 2.05) is 59.5 Å². The van der Waals surface area contributed by atoms with Crippen LogP contribution in [0.1, 0.15) is 10.4 Å². The number of thiazole rings is 1. The van der Waals surface area contributed by atoms with Gasteiger partial charge in [-0.05, 0) is 29.8 Å². The number of rotatable bonds is 6. The predicted octanol–water partition coefficient (Wildman–Crippen LogP) is 5.42. The summed E-state index contributed by atoms with van der Waals surface area (Å²) in [6, 6.07) is 15.8. The maximum absolute atomic E-state index is 12.5. The van der Waals surface area contributed by atoms with Crippen LogP contribution in [0.3, 0.4) is 0 Å². The number of nitrogens with one attached hydrogen (secondary N) is 1. The van der Waals surface area contributed by atoms with Gasteiger partial charge in [0.25, 0.3) is 0 Å². The molecular weight excluding hydrogens is 451 g/mol. The first-order valence-corrected chi connectivity index (χ1v) is 11.6. The molecule has 1 N–H and O–H groups in total. The second-order valence-electron chi connectivity index (χ2n) is 7.16. The quantitative estimate of drug-likeness (QED) is 0.486. The first-order chi connectivity index (χ1) is 15.1. The zero-order valence-electron chi connectivity index (χ0n) is 16.8. The van der Waals surface area contributed by atoms with E-state index in [0.717, 1.165) is 34.9 Å². The van der Waals surface area contributed by atoms with Crippen LogP contribution in [0.25, 0.3) is 6.08 Å². The molecule has 1 saturated heterocycles. The number of hydrogen-bond donors (Lipinski definition) is 1. The topological polar surface area (TPSA) is 48.5 Å². The smallest absolute Gasteiger partial charge is 0.246 e. The molecule has 0 spiro atoms. The zero-order chi connectivity index (χ0) is 21.6. The average Bonchev–Trinajstić information content (AvgIpc) is 3.22. The highest BCUT2D eigenvalue weighted by molar-refractivity contribution is 7.15. The van der Waals surface area contributed by atoms with Crippen molar-refractivity contribution in [2.45, 2.75) is 6.54 Å². The third-order valence-corrected chi connectivity index (χ3v) is 6.51. The molecule has 5 nitrogen and oxygen atoms in total. The van der Waals surface area contributed by atoms with Crippen LogP contribution in [0.5, 0.6) is 0 Å². The summed E-state index contributed by atoms with van der Waals surface area (Å²) < 4.78 is 0.540. The van der Waals surface area contributed by atoms with Gasteiger partial charge in [-0.1, -0.05) is 53.5 Å². The molecule has 1 aliphatic heterocycles. The van der Waals surface area contributed by atoms with E-state index in [9.17, 15) is 4.79 Å². The largest absolute Gasteiger partial charge is 0.380 e. The van der Waals surface area contributed by atoms with Crippen LogP contribution in [0.15, 0.2) is 60.8 Å². The van der Waals surface area contributed by atoms with Crippen molar-refractivity contribution in [1.29, 1.82) is 0 Å². The van der Waals surface area contributed by atoms with E-state index in [-0.39, 0.29) is 5.91 Å². The van der Waals surface area contributed by atoms with Gasteiger partial charge in [-0.2, -0.15) is 0 Å².